The summed E-state index contributed by atoms with van der Waals surface area (Å²) in [4.78, 5) is 47.2. The number of carbonyl (C=O) groups is 3. The number of fused-ring (bicyclic) bond motifs is 2. The first-order valence-corrected chi connectivity index (χ1v) is 13.5. The lowest BCUT2D eigenvalue weighted by Gasteiger charge is -2.38. The van der Waals surface area contributed by atoms with E-state index in [2.05, 4.69) is 0 Å². The summed E-state index contributed by atoms with van der Waals surface area (Å²) < 4.78 is 6.65. The number of benzene rings is 2. The second-order valence-electron chi connectivity index (χ2n) is 10.6. The number of ether oxygens (including phenoxy) is 1. The maximum atomic E-state index is 14.5. The minimum Gasteiger partial charge on any atom is -0.394 e. The first-order valence-electron chi connectivity index (χ1n) is 13.2. The Kier molecular flexibility index (Phi) is 6.57. The normalized spacial score (nSPS) is 30.6. The zero-order chi connectivity index (χ0) is 27.3. The Balaban J connectivity index is 1.48. The van der Waals surface area contributed by atoms with Gasteiger partial charge in [0.05, 0.1) is 30.6 Å². The summed E-state index contributed by atoms with van der Waals surface area (Å²) in [5, 5.41) is 11.1. The highest BCUT2D eigenvalue weighted by molar-refractivity contribution is 6.30. The van der Waals surface area contributed by atoms with E-state index in [-0.39, 0.29) is 30.9 Å². The van der Waals surface area contributed by atoms with Gasteiger partial charge in [0, 0.05) is 30.8 Å². The molecule has 4 aliphatic rings. The van der Waals surface area contributed by atoms with Crippen LogP contribution < -0.4 is 4.90 Å². The zero-order valence-electron chi connectivity index (χ0n) is 21.5. The Morgan fingerprint density at radius 2 is 1.74 bits per heavy atom. The molecule has 39 heavy (non-hydrogen) atoms. The number of nitrogens with zero attached hydrogens (tertiary/aromatic N) is 3. The molecule has 1 unspecified atom stereocenters. The number of amides is 3. The van der Waals surface area contributed by atoms with Gasteiger partial charge in [0.15, 0.2) is 0 Å². The van der Waals surface area contributed by atoms with Gasteiger partial charge in [-0.2, -0.15) is 0 Å². The summed E-state index contributed by atoms with van der Waals surface area (Å²) in [6.07, 6.45) is 7.06. The topological polar surface area (TPSA) is 90.4 Å². The first-order chi connectivity index (χ1) is 18.9. The number of carbonyl (C=O) groups excluding carboxylic acids is 3. The molecule has 4 heterocycles. The molecule has 9 heteroatoms. The highest BCUT2D eigenvalue weighted by Crippen LogP contribution is 2.54. The van der Waals surface area contributed by atoms with Gasteiger partial charge < -0.3 is 24.5 Å². The van der Waals surface area contributed by atoms with E-state index in [1.807, 2.05) is 48.6 Å². The highest BCUT2D eigenvalue weighted by Gasteiger charge is 2.72. The maximum Gasteiger partial charge on any atom is 0.253 e. The van der Waals surface area contributed by atoms with Crippen LogP contribution in [0.4, 0.5) is 5.69 Å². The van der Waals surface area contributed by atoms with E-state index in [0.717, 1.165) is 5.56 Å². The minimum absolute atomic E-state index is 0.191. The Bertz CT molecular complexity index is 1350. The Labute approximate surface area is 232 Å². The summed E-state index contributed by atoms with van der Waals surface area (Å²) in [6, 6.07) is 14.7. The average molecular weight is 548 g/mol. The monoisotopic (exact) mass is 547 g/mol. The van der Waals surface area contributed by atoms with Crippen molar-refractivity contribution in [3.63, 3.8) is 0 Å². The van der Waals surface area contributed by atoms with Crippen LogP contribution in [0.15, 0.2) is 78.9 Å². The van der Waals surface area contributed by atoms with E-state index in [1.165, 1.54) is 4.90 Å². The van der Waals surface area contributed by atoms with Gasteiger partial charge in [-0.05, 0) is 36.2 Å². The highest BCUT2D eigenvalue weighted by atomic mass is 35.5. The second kappa shape index (κ2) is 9.93. The van der Waals surface area contributed by atoms with Crippen molar-refractivity contribution in [2.75, 3.05) is 31.6 Å². The number of aliphatic hydroxyl groups excluding tert-OH is 1. The van der Waals surface area contributed by atoms with Gasteiger partial charge in [0.25, 0.3) is 5.91 Å². The smallest absolute Gasteiger partial charge is 0.253 e. The van der Waals surface area contributed by atoms with Crippen LogP contribution in [0.25, 0.3) is 0 Å². The summed E-state index contributed by atoms with van der Waals surface area (Å²) >= 11 is 6.11. The molecule has 2 fully saturated rings. The molecule has 6 atom stereocenters. The van der Waals surface area contributed by atoms with Crippen LogP contribution in [-0.4, -0.2) is 83.2 Å². The lowest BCUT2D eigenvalue weighted by atomic mass is 9.77. The van der Waals surface area contributed by atoms with Crippen LogP contribution in [0.2, 0.25) is 5.02 Å². The van der Waals surface area contributed by atoms with Crippen LogP contribution in [0.3, 0.4) is 0 Å². The van der Waals surface area contributed by atoms with Gasteiger partial charge in [-0.15, -0.1) is 0 Å². The number of hydrogen-bond donors (Lipinski definition) is 1. The van der Waals surface area contributed by atoms with E-state index in [0.29, 0.717) is 23.7 Å². The second-order valence-corrected chi connectivity index (χ2v) is 11.0. The Hall–Kier alpha value is -3.46. The van der Waals surface area contributed by atoms with Crippen LogP contribution in [-0.2, 0) is 25.5 Å². The number of aliphatic hydroxyl groups is 1. The predicted octanol–water partition coefficient (Wildman–Crippen LogP) is 2.46. The van der Waals surface area contributed by atoms with Crippen molar-refractivity contribution in [2.45, 2.75) is 30.2 Å². The molecule has 0 aromatic heterocycles. The standard InChI is InChI=1S/C30H30ClN3O5/c1-32-15-5-9-23-24(27(32)36)25-28(37)34(22(18-35)17-19-7-3-2-4-8-19)26-29(38)33(16-6-14-30(25,26)39-23)21-12-10-20(31)11-13-21/h2-14,22-26,35H,15-18H2,1H3/t22-,23+,24-,25+,26?,30+/m1/s1. The third kappa shape index (κ3) is 4.09. The summed E-state index contributed by atoms with van der Waals surface area (Å²) in [7, 11) is 1.71. The molecule has 6 rings (SSSR count). The predicted molar refractivity (Wildman–Crippen MR) is 146 cm³/mol. The van der Waals surface area contributed by atoms with Crippen LogP contribution >= 0.6 is 11.6 Å². The quantitative estimate of drug-likeness (QED) is 0.581. The van der Waals surface area contributed by atoms with Crippen LogP contribution in [0.1, 0.15) is 5.56 Å². The molecule has 1 spiro atoms. The molecule has 3 amide bonds. The van der Waals surface area contributed by atoms with Crippen molar-refractivity contribution in [3.8, 4) is 0 Å². The summed E-state index contributed by atoms with van der Waals surface area (Å²) in [5.41, 5.74) is 0.203. The molecule has 4 aliphatic heterocycles. The SMILES string of the molecule is CN1CC=C[C@@H]2O[C@]34C=CCN(c5ccc(Cl)cc5)C(=O)C3N([C@@H](CO)Cc3ccccc3)C(=O)[C@@H]4[C@@H]2C1=O. The number of hydrogen-bond acceptors (Lipinski definition) is 5. The van der Waals surface area contributed by atoms with Crippen molar-refractivity contribution < 1.29 is 24.2 Å². The molecule has 0 saturated carbocycles. The van der Waals surface area contributed by atoms with E-state index in [4.69, 9.17) is 16.3 Å². The first kappa shape index (κ1) is 25.8. The van der Waals surface area contributed by atoms with E-state index >= 15 is 0 Å². The number of likely N-dealkylation sites (tertiary alicyclic amines) is 1. The molecular weight excluding hydrogens is 518 g/mol. The fourth-order valence-corrected chi connectivity index (χ4v) is 6.71. The average Bonchev–Trinajstić information content (AvgIpc) is 3.27. The molecule has 1 N–H and O–H groups in total. The van der Waals surface area contributed by atoms with Gasteiger partial charge in [-0.1, -0.05) is 66.2 Å². The summed E-state index contributed by atoms with van der Waals surface area (Å²) in [6.45, 7) is 0.334. The molecule has 202 valence electrons. The lowest BCUT2D eigenvalue weighted by molar-refractivity contribution is -0.146. The molecule has 0 radical (unpaired) electrons. The Morgan fingerprint density at radius 3 is 2.46 bits per heavy atom. The molecule has 8 nitrogen and oxygen atoms in total. The van der Waals surface area contributed by atoms with Gasteiger partial charge in [-0.3, -0.25) is 14.4 Å². The number of likely N-dealkylation sites (N-methyl/N-ethyl adjacent to an activating group) is 1. The minimum atomic E-state index is -1.35. The van der Waals surface area contributed by atoms with Crippen molar-refractivity contribution in [1.29, 1.82) is 0 Å². The van der Waals surface area contributed by atoms with Gasteiger partial charge in [0.2, 0.25) is 11.8 Å². The zero-order valence-corrected chi connectivity index (χ0v) is 22.3. The van der Waals surface area contributed by atoms with E-state index < -0.39 is 35.6 Å². The van der Waals surface area contributed by atoms with E-state index in [1.54, 1.807) is 47.2 Å². The van der Waals surface area contributed by atoms with Crippen LogP contribution in [0.5, 0.6) is 0 Å². The van der Waals surface area contributed by atoms with E-state index in [9.17, 15) is 19.5 Å². The number of rotatable bonds is 5. The summed E-state index contributed by atoms with van der Waals surface area (Å²) in [5.74, 6) is -2.55. The lowest BCUT2D eigenvalue weighted by Crippen LogP contribution is -2.58. The van der Waals surface area contributed by atoms with Gasteiger partial charge in [0.1, 0.15) is 11.6 Å². The fraction of sp³-hybridized carbons (Fsp3) is 0.367. The molecule has 2 aromatic carbocycles. The van der Waals surface area contributed by atoms with Crippen molar-refractivity contribution in [1.82, 2.24) is 9.80 Å². The van der Waals surface area contributed by atoms with Crippen LogP contribution in [0, 0.1) is 11.8 Å². The largest absolute Gasteiger partial charge is 0.394 e. The molecule has 0 aliphatic carbocycles. The number of anilines is 1. The Morgan fingerprint density at radius 1 is 1.00 bits per heavy atom. The molecule has 0 bridgehead atoms. The van der Waals surface area contributed by atoms with Crippen molar-refractivity contribution in [3.05, 3.63) is 89.5 Å². The fourth-order valence-electron chi connectivity index (χ4n) is 6.59. The van der Waals surface area contributed by atoms with Crippen molar-refractivity contribution >= 4 is 35.0 Å². The third-order valence-corrected chi connectivity index (χ3v) is 8.61. The molecular formula is C30H30ClN3O5. The van der Waals surface area contributed by atoms with Gasteiger partial charge in [-0.25, -0.2) is 0 Å². The number of halogens is 1. The third-order valence-electron chi connectivity index (χ3n) is 8.35. The van der Waals surface area contributed by atoms with Crippen molar-refractivity contribution in [2.24, 2.45) is 11.8 Å². The molecule has 2 saturated heterocycles. The maximum absolute atomic E-state index is 14.5. The van der Waals surface area contributed by atoms with Gasteiger partial charge >= 0.3 is 0 Å². The molecule has 2 aromatic rings.